The van der Waals surface area contributed by atoms with Crippen LogP contribution in [0.3, 0.4) is 0 Å². The summed E-state index contributed by atoms with van der Waals surface area (Å²) in [6.07, 6.45) is 1.15. The highest BCUT2D eigenvalue weighted by Crippen LogP contribution is 2.14. The highest BCUT2D eigenvalue weighted by Gasteiger charge is 2.25. The van der Waals surface area contributed by atoms with Crippen molar-refractivity contribution in [3.63, 3.8) is 0 Å². The van der Waals surface area contributed by atoms with Crippen molar-refractivity contribution in [1.82, 2.24) is 15.1 Å². The summed E-state index contributed by atoms with van der Waals surface area (Å²) in [6.45, 7) is 6.36. The van der Waals surface area contributed by atoms with Crippen molar-refractivity contribution in [2.45, 2.75) is 46.2 Å². The quantitative estimate of drug-likeness (QED) is 0.816. The van der Waals surface area contributed by atoms with E-state index in [0.717, 1.165) is 24.2 Å². The van der Waals surface area contributed by atoms with Crippen molar-refractivity contribution in [1.29, 1.82) is 0 Å². The Bertz CT molecular complexity index is 723. The van der Waals surface area contributed by atoms with Crippen molar-refractivity contribution < 1.29 is 14.7 Å². The van der Waals surface area contributed by atoms with Gasteiger partial charge in [0.1, 0.15) is 6.04 Å². The number of carbonyl (C=O) groups is 2. The smallest absolute Gasteiger partial charge is 0.326 e. The van der Waals surface area contributed by atoms with Crippen LogP contribution in [0, 0.1) is 13.8 Å². The van der Waals surface area contributed by atoms with E-state index in [1.165, 1.54) is 0 Å². The molecule has 1 atom stereocenters. The second kappa shape index (κ2) is 7.77. The van der Waals surface area contributed by atoms with Crippen LogP contribution in [-0.2, 0) is 17.8 Å². The van der Waals surface area contributed by atoms with Gasteiger partial charge in [0.15, 0.2) is 0 Å². The molecule has 0 saturated carbocycles. The lowest BCUT2D eigenvalue weighted by molar-refractivity contribution is -0.139. The summed E-state index contributed by atoms with van der Waals surface area (Å²) in [7, 11) is 0. The Morgan fingerprint density at radius 2 is 1.92 bits per heavy atom. The highest BCUT2D eigenvalue weighted by molar-refractivity contribution is 5.98. The zero-order chi connectivity index (χ0) is 17.7. The molecule has 0 saturated heterocycles. The zero-order valence-corrected chi connectivity index (χ0v) is 14.2. The lowest BCUT2D eigenvalue weighted by Gasteiger charge is -2.15. The van der Waals surface area contributed by atoms with E-state index in [4.69, 9.17) is 0 Å². The Morgan fingerprint density at radius 3 is 2.50 bits per heavy atom. The third-order valence-electron chi connectivity index (χ3n) is 3.93. The van der Waals surface area contributed by atoms with Crippen LogP contribution < -0.4 is 5.32 Å². The van der Waals surface area contributed by atoms with Crippen molar-refractivity contribution in [2.75, 3.05) is 0 Å². The molecule has 6 heteroatoms. The van der Waals surface area contributed by atoms with Crippen molar-refractivity contribution in [3.05, 3.63) is 52.8 Å². The second-order valence-electron chi connectivity index (χ2n) is 5.82. The van der Waals surface area contributed by atoms with Crippen molar-refractivity contribution in [3.8, 4) is 0 Å². The van der Waals surface area contributed by atoms with Crippen molar-refractivity contribution >= 4 is 11.9 Å². The fourth-order valence-corrected chi connectivity index (χ4v) is 2.74. The molecule has 1 aromatic carbocycles. The lowest BCUT2D eigenvalue weighted by Crippen LogP contribution is -2.42. The standard InChI is InChI=1S/C18H23N3O3/c1-4-10-21-13(3)16(12(2)20-21)17(22)19-15(18(23)24)11-14-8-6-5-7-9-14/h5-9,15H,4,10-11H2,1-3H3,(H,19,22)(H,23,24). The summed E-state index contributed by atoms with van der Waals surface area (Å²) in [5.41, 5.74) is 2.70. The highest BCUT2D eigenvalue weighted by atomic mass is 16.4. The second-order valence-corrected chi connectivity index (χ2v) is 5.82. The first-order valence-corrected chi connectivity index (χ1v) is 8.05. The van der Waals surface area contributed by atoms with Crippen LogP contribution in [0.1, 0.15) is 40.7 Å². The lowest BCUT2D eigenvalue weighted by atomic mass is 10.1. The van der Waals surface area contributed by atoms with E-state index in [1.807, 2.05) is 44.2 Å². The minimum absolute atomic E-state index is 0.239. The number of carbonyl (C=O) groups excluding carboxylic acids is 1. The Kier molecular flexibility index (Phi) is 5.73. The number of nitrogens with zero attached hydrogens (tertiary/aromatic N) is 2. The van der Waals surface area contributed by atoms with Gasteiger partial charge in [-0.3, -0.25) is 9.48 Å². The van der Waals surface area contributed by atoms with E-state index in [9.17, 15) is 14.7 Å². The van der Waals surface area contributed by atoms with Crippen LogP contribution in [0.2, 0.25) is 0 Å². The molecule has 0 fully saturated rings. The molecule has 128 valence electrons. The Labute approximate surface area is 141 Å². The van der Waals surface area contributed by atoms with Gasteiger partial charge in [-0.05, 0) is 25.8 Å². The van der Waals surface area contributed by atoms with E-state index >= 15 is 0 Å². The molecule has 0 spiro atoms. The van der Waals surface area contributed by atoms with Gasteiger partial charge in [0.2, 0.25) is 0 Å². The number of amides is 1. The number of aryl methyl sites for hydroxylation is 2. The SMILES string of the molecule is CCCn1nc(C)c(C(=O)NC(Cc2ccccc2)C(=O)O)c1C. The molecule has 0 aliphatic heterocycles. The molecule has 0 aliphatic rings. The van der Waals surface area contributed by atoms with Crippen LogP contribution >= 0.6 is 0 Å². The maximum atomic E-state index is 12.6. The normalized spacial score (nSPS) is 12.0. The van der Waals surface area contributed by atoms with Crippen LogP contribution in [0.4, 0.5) is 0 Å². The molecule has 2 N–H and O–H groups in total. The fourth-order valence-electron chi connectivity index (χ4n) is 2.74. The van der Waals surface area contributed by atoms with E-state index < -0.39 is 17.9 Å². The monoisotopic (exact) mass is 329 g/mol. The average molecular weight is 329 g/mol. The van der Waals surface area contributed by atoms with Gasteiger partial charge in [-0.2, -0.15) is 5.10 Å². The number of rotatable bonds is 7. The Morgan fingerprint density at radius 1 is 1.25 bits per heavy atom. The summed E-state index contributed by atoms with van der Waals surface area (Å²) >= 11 is 0. The number of benzene rings is 1. The number of aromatic nitrogens is 2. The number of aliphatic carboxylic acids is 1. The molecule has 1 amide bonds. The van der Waals surface area contributed by atoms with Gasteiger partial charge in [0.05, 0.1) is 11.3 Å². The number of hydrogen-bond acceptors (Lipinski definition) is 3. The Balaban J connectivity index is 2.18. The van der Waals surface area contributed by atoms with E-state index in [0.29, 0.717) is 11.3 Å². The number of hydrogen-bond donors (Lipinski definition) is 2. The molecule has 1 unspecified atom stereocenters. The molecule has 0 bridgehead atoms. The maximum Gasteiger partial charge on any atom is 0.326 e. The molecule has 1 aromatic heterocycles. The number of carboxylic acids is 1. The van der Waals surface area contributed by atoms with Gasteiger partial charge in [-0.25, -0.2) is 4.79 Å². The average Bonchev–Trinajstić information content (AvgIpc) is 2.82. The topological polar surface area (TPSA) is 84.2 Å². The van der Waals surface area contributed by atoms with Crippen LogP contribution in [0.5, 0.6) is 0 Å². The van der Waals surface area contributed by atoms with Gasteiger partial charge in [0, 0.05) is 18.7 Å². The molecular weight excluding hydrogens is 306 g/mol. The van der Waals surface area contributed by atoms with Crippen LogP contribution in [0.25, 0.3) is 0 Å². The van der Waals surface area contributed by atoms with Gasteiger partial charge in [0.25, 0.3) is 5.91 Å². The summed E-state index contributed by atoms with van der Waals surface area (Å²) in [5, 5.41) is 16.4. The van der Waals surface area contributed by atoms with E-state index in [2.05, 4.69) is 10.4 Å². The molecule has 24 heavy (non-hydrogen) atoms. The third-order valence-corrected chi connectivity index (χ3v) is 3.93. The maximum absolute atomic E-state index is 12.6. The number of nitrogens with one attached hydrogen (secondary N) is 1. The first-order chi connectivity index (χ1) is 11.4. The molecule has 6 nitrogen and oxygen atoms in total. The number of carboxylic acid groups (broad SMARTS) is 1. The predicted octanol–water partition coefficient (Wildman–Crippen LogP) is 2.34. The summed E-state index contributed by atoms with van der Waals surface area (Å²) in [6, 6.07) is 8.27. The molecule has 2 rings (SSSR count). The molecule has 0 radical (unpaired) electrons. The predicted molar refractivity (Wildman–Crippen MR) is 91.0 cm³/mol. The summed E-state index contributed by atoms with van der Waals surface area (Å²) < 4.78 is 1.79. The van der Waals surface area contributed by atoms with Gasteiger partial charge >= 0.3 is 5.97 Å². The molecule has 0 aliphatic carbocycles. The van der Waals surface area contributed by atoms with Gasteiger partial charge in [-0.1, -0.05) is 37.3 Å². The summed E-state index contributed by atoms with van der Waals surface area (Å²) in [5.74, 6) is -1.45. The fraction of sp³-hybridized carbons (Fsp3) is 0.389. The van der Waals surface area contributed by atoms with Crippen molar-refractivity contribution in [2.24, 2.45) is 0 Å². The molecule has 2 aromatic rings. The van der Waals surface area contributed by atoms with E-state index in [1.54, 1.807) is 11.6 Å². The minimum Gasteiger partial charge on any atom is -0.480 e. The van der Waals surface area contributed by atoms with Gasteiger partial charge in [-0.15, -0.1) is 0 Å². The molecular formula is C18H23N3O3. The first-order valence-electron chi connectivity index (χ1n) is 8.05. The van der Waals surface area contributed by atoms with Crippen LogP contribution in [0.15, 0.2) is 30.3 Å². The van der Waals surface area contributed by atoms with Crippen LogP contribution in [-0.4, -0.2) is 32.8 Å². The Hall–Kier alpha value is -2.63. The van der Waals surface area contributed by atoms with Gasteiger partial charge < -0.3 is 10.4 Å². The van der Waals surface area contributed by atoms with E-state index in [-0.39, 0.29) is 6.42 Å². The zero-order valence-electron chi connectivity index (χ0n) is 14.2. The molecule has 1 heterocycles. The summed E-state index contributed by atoms with van der Waals surface area (Å²) in [4.78, 5) is 24.1. The third kappa shape index (κ3) is 4.01. The minimum atomic E-state index is -1.05. The largest absolute Gasteiger partial charge is 0.480 e. The first kappa shape index (κ1) is 17.7.